The van der Waals surface area contributed by atoms with Crippen molar-refractivity contribution in [3.63, 3.8) is 0 Å². The van der Waals surface area contributed by atoms with E-state index >= 15 is 0 Å². The average molecular weight is 599 g/mol. The Morgan fingerprint density at radius 3 is 1.93 bits per heavy atom. The Morgan fingerprint density at radius 1 is 0.791 bits per heavy atom. The van der Waals surface area contributed by atoms with Crippen molar-refractivity contribution < 1.29 is 27.9 Å². The van der Waals surface area contributed by atoms with Crippen molar-refractivity contribution in [1.29, 1.82) is 0 Å². The molecule has 0 aliphatic carbocycles. The van der Waals surface area contributed by atoms with Gasteiger partial charge in [0.1, 0.15) is 0 Å². The summed E-state index contributed by atoms with van der Waals surface area (Å²) in [5, 5.41) is 7.12. The van der Waals surface area contributed by atoms with E-state index in [2.05, 4.69) is 80.3 Å². The average Bonchev–Trinajstić information content (AvgIpc) is 3.49. The van der Waals surface area contributed by atoms with E-state index < -0.39 is 12.1 Å². The molecule has 1 fully saturated rings. The maximum absolute atomic E-state index is 13.7. The van der Waals surface area contributed by atoms with Crippen LogP contribution in [-0.4, -0.2) is 119 Å². The van der Waals surface area contributed by atoms with Gasteiger partial charge in [-0.1, -0.05) is 60.7 Å². The van der Waals surface area contributed by atoms with E-state index in [0.29, 0.717) is 6.54 Å². The standard InChI is InChI=1S/C29H36N6O.C2HF3O2/c36-28-26-23-33(22-25-9-5-2-6-10-25)13-11-27(26)34-14-12-30-29(34)35(28)20-19-31-15-17-32(18-16-31)21-24-7-3-1-4-8-24;3-2(4,5)1(6)7/h1-10H,11-23H2;(H,6,7). The van der Waals surface area contributed by atoms with Crippen molar-refractivity contribution in [3.05, 3.63) is 83.1 Å². The van der Waals surface area contributed by atoms with E-state index in [0.717, 1.165) is 89.9 Å². The van der Waals surface area contributed by atoms with Crippen LogP contribution in [-0.2, 0) is 22.7 Å². The number of rotatable bonds is 7. The Kier molecular flexibility index (Phi) is 9.79. The Hall–Kier alpha value is -3.74. The molecule has 2 aromatic carbocycles. The predicted octanol–water partition coefficient (Wildman–Crippen LogP) is 3.11. The van der Waals surface area contributed by atoms with Crippen LogP contribution in [0.15, 0.2) is 76.9 Å². The van der Waals surface area contributed by atoms with Crippen molar-refractivity contribution in [3.8, 4) is 0 Å². The van der Waals surface area contributed by atoms with E-state index in [1.165, 1.54) is 16.8 Å². The molecule has 12 heteroatoms. The summed E-state index contributed by atoms with van der Waals surface area (Å²) < 4.78 is 31.7. The molecule has 43 heavy (non-hydrogen) atoms. The predicted molar refractivity (Wildman–Crippen MR) is 156 cm³/mol. The first kappa shape index (κ1) is 30.7. The van der Waals surface area contributed by atoms with Crippen LogP contribution < -0.4 is 0 Å². The number of hydrogen-bond acceptors (Lipinski definition) is 7. The minimum absolute atomic E-state index is 0.169. The quantitative estimate of drug-likeness (QED) is 0.525. The number of piperazine rings is 1. The van der Waals surface area contributed by atoms with Crippen molar-refractivity contribution in [2.45, 2.75) is 25.7 Å². The van der Waals surface area contributed by atoms with Crippen molar-refractivity contribution in [1.82, 2.24) is 24.5 Å². The number of aliphatic carboxylic acids is 1. The third-order valence-electron chi connectivity index (χ3n) is 8.13. The molecule has 0 atom stereocenters. The van der Waals surface area contributed by atoms with Gasteiger partial charge in [-0.15, -0.1) is 0 Å². The second-order valence-electron chi connectivity index (χ2n) is 11.1. The molecule has 2 aromatic rings. The lowest BCUT2D eigenvalue weighted by molar-refractivity contribution is -0.192. The zero-order valence-electron chi connectivity index (χ0n) is 24.0. The van der Waals surface area contributed by atoms with Crippen LogP contribution in [0, 0.1) is 0 Å². The van der Waals surface area contributed by atoms with E-state index in [9.17, 15) is 18.0 Å². The van der Waals surface area contributed by atoms with E-state index in [4.69, 9.17) is 14.9 Å². The summed E-state index contributed by atoms with van der Waals surface area (Å²) >= 11 is 0. The minimum Gasteiger partial charge on any atom is -0.475 e. The molecular formula is C31H37F3N6O3. The Balaban J connectivity index is 0.000000472. The van der Waals surface area contributed by atoms with Gasteiger partial charge in [-0.3, -0.25) is 29.4 Å². The molecular weight excluding hydrogens is 561 g/mol. The van der Waals surface area contributed by atoms with Gasteiger partial charge >= 0.3 is 12.1 Å². The number of benzene rings is 2. The van der Waals surface area contributed by atoms with Crippen molar-refractivity contribution in [2.24, 2.45) is 4.99 Å². The number of amides is 1. The SMILES string of the molecule is O=C(O)C(F)(F)F.O=C1C2=C(CCN(Cc3ccccc3)C2)N2CCN=C2N1CCN1CCN(Cc2ccccc2)CC1. The van der Waals surface area contributed by atoms with Crippen molar-refractivity contribution in [2.75, 3.05) is 65.4 Å². The second kappa shape index (κ2) is 13.7. The molecule has 0 saturated carbocycles. The van der Waals surface area contributed by atoms with Crippen LogP contribution in [0.2, 0.25) is 0 Å². The van der Waals surface area contributed by atoms with Crippen LogP contribution in [0.4, 0.5) is 13.2 Å². The van der Waals surface area contributed by atoms with E-state index in [1.54, 1.807) is 0 Å². The third-order valence-corrected chi connectivity index (χ3v) is 8.13. The molecule has 1 N–H and O–H groups in total. The van der Waals surface area contributed by atoms with E-state index in [1.807, 2.05) is 4.90 Å². The number of carbonyl (C=O) groups excluding carboxylic acids is 1. The number of aliphatic imine (C=N–C) groups is 1. The van der Waals surface area contributed by atoms with Gasteiger partial charge in [0.05, 0.1) is 12.1 Å². The molecule has 0 radical (unpaired) electrons. The highest BCUT2D eigenvalue weighted by Gasteiger charge is 2.41. The molecule has 0 spiro atoms. The lowest BCUT2D eigenvalue weighted by Gasteiger charge is -2.43. The number of hydrogen-bond donors (Lipinski definition) is 1. The Morgan fingerprint density at radius 2 is 1.35 bits per heavy atom. The largest absolute Gasteiger partial charge is 0.490 e. The Labute approximate surface area is 249 Å². The van der Waals surface area contributed by atoms with Gasteiger partial charge in [0, 0.05) is 84.1 Å². The lowest BCUT2D eigenvalue weighted by atomic mass is 10.0. The number of alkyl halides is 3. The Bertz CT molecular complexity index is 1330. The summed E-state index contributed by atoms with van der Waals surface area (Å²) in [7, 11) is 0. The number of nitrogens with zero attached hydrogens (tertiary/aromatic N) is 6. The summed E-state index contributed by atoms with van der Waals surface area (Å²) in [6.07, 6.45) is -4.16. The molecule has 0 bridgehead atoms. The number of guanidine groups is 1. The maximum Gasteiger partial charge on any atom is 0.490 e. The zero-order valence-corrected chi connectivity index (χ0v) is 24.0. The smallest absolute Gasteiger partial charge is 0.475 e. The minimum atomic E-state index is -5.08. The van der Waals surface area contributed by atoms with Crippen LogP contribution in [0.3, 0.4) is 0 Å². The van der Waals surface area contributed by atoms with Gasteiger partial charge in [0.2, 0.25) is 5.96 Å². The number of halogens is 3. The number of carboxylic acids is 1. The maximum atomic E-state index is 13.7. The van der Waals surface area contributed by atoms with Crippen LogP contribution in [0.5, 0.6) is 0 Å². The fourth-order valence-corrected chi connectivity index (χ4v) is 5.91. The summed E-state index contributed by atoms with van der Waals surface area (Å²) in [6.45, 7) is 11.1. The highest BCUT2D eigenvalue weighted by atomic mass is 19.4. The number of carbonyl (C=O) groups is 2. The van der Waals surface area contributed by atoms with Gasteiger partial charge in [-0.05, 0) is 11.1 Å². The lowest BCUT2D eigenvalue weighted by Crippen LogP contribution is -2.56. The third kappa shape index (κ3) is 7.81. The molecule has 230 valence electrons. The molecule has 1 saturated heterocycles. The summed E-state index contributed by atoms with van der Waals surface area (Å²) in [5.74, 6) is -1.70. The van der Waals surface area contributed by atoms with Gasteiger partial charge in [0.25, 0.3) is 5.91 Å². The zero-order chi connectivity index (χ0) is 30.4. The van der Waals surface area contributed by atoms with Gasteiger partial charge in [0.15, 0.2) is 0 Å². The van der Waals surface area contributed by atoms with Gasteiger partial charge < -0.3 is 10.0 Å². The fraction of sp³-hybridized carbons (Fsp3) is 0.452. The number of carboxylic acid groups (broad SMARTS) is 1. The summed E-state index contributed by atoms with van der Waals surface area (Å²) in [4.78, 5) is 39.1. The van der Waals surface area contributed by atoms with Crippen LogP contribution >= 0.6 is 0 Å². The second-order valence-corrected chi connectivity index (χ2v) is 11.1. The van der Waals surface area contributed by atoms with Gasteiger partial charge in [-0.25, -0.2) is 4.79 Å². The normalized spacial score (nSPS) is 19.9. The molecule has 0 aromatic heterocycles. The van der Waals surface area contributed by atoms with Crippen molar-refractivity contribution >= 4 is 17.8 Å². The molecule has 4 aliphatic rings. The molecule has 4 heterocycles. The highest BCUT2D eigenvalue weighted by Crippen LogP contribution is 2.31. The van der Waals surface area contributed by atoms with Crippen LogP contribution in [0.25, 0.3) is 0 Å². The first-order valence-corrected chi connectivity index (χ1v) is 14.6. The van der Waals surface area contributed by atoms with Crippen LogP contribution in [0.1, 0.15) is 17.5 Å². The summed E-state index contributed by atoms with van der Waals surface area (Å²) in [6, 6.07) is 21.3. The van der Waals surface area contributed by atoms with Gasteiger partial charge in [-0.2, -0.15) is 13.2 Å². The molecule has 6 rings (SSSR count). The topological polar surface area (TPSA) is 82.9 Å². The number of fused-ring (bicyclic) bond motifs is 2. The molecule has 4 aliphatic heterocycles. The first-order chi connectivity index (χ1) is 20.7. The molecule has 0 unspecified atom stereocenters. The molecule has 1 amide bonds. The first-order valence-electron chi connectivity index (χ1n) is 14.6. The highest BCUT2D eigenvalue weighted by molar-refractivity contribution is 6.10. The molecule has 9 nitrogen and oxygen atoms in total. The monoisotopic (exact) mass is 598 g/mol. The summed E-state index contributed by atoms with van der Waals surface area (Å²) in [5.41, 5.74) is 4.87. The fourth-order valence-electron chi connectivity index (χ4n) is 5.91. The van der Waals surface area contributed by atoms with E-state index in [-0.39, 0.29) is 5.91 Å².